The number of primary sulfonamides is 1. The molecule has 2 N–H and O–H groups in total. The Kier molecular flexibility index (Phi) is 6.01. The topological polar surface area (TPSA) is 110 Å². The van der Waals surface area contributed by atoms with Crippen molar-refractivity contribution in [1.82, 2.24) is 4.90 Å². The Morgan fingerprint density at radius 1 is 1.14 bits per heavy atom. The van der Waals surface area contributed by atoms with Crippen LogP contribution in [0.4, 0.5) is 5.69 Å². The highest BCUT2D eigenvalue weighted by Gasteiger charge is 2.28. The molecule has 1 unspecified atom stereocenters. The van der Waals surface area contributed by atoms with Gasteiger partial charge in [-0.15, -0.1) is 11.3 Å². The molecule has 2 aromatic rings. The molecule has 0 radical (unpaired) electrons. The van der Waals surface area contributed by atoms with Crippen LogP contribution in [0.25, 0.3) is 0 Å². The van der Waals surface area contributed by atoms with E-state index in [1.165, 1.54) is 12.3 Å². The number of hydrogen-bond acceptors (Lipinski definition) is 7. The molecule has 0 aliphatic carbocycles. The van der Waals surface area contributed by atoms with Gasteiger partial charge in [0, 0.05) is 37.2 Å². The fourth-order valence-electron chi connectivity index (χ4n) is 2.93. The Balaban J connectivity index is 1.55. The smallest absolute Gasteiger partial charge is 0.339 e. The first-order valence-corrected chi connectivity index (χ1v) is 11.1. The van der Waals surface area contributed by atoms with Crippen LogP contribution in [-0.2, 0) is 19.6 Å². The van der Waals surface area contributed by atoms with E-state index in [1.54, 1.807) is 4.90 Å². The Morgan fingerprint density at radius 3 is 2.36 bits per heavy atom. The minimum absolute atomic E-state index is 0.0579. The van der Waals surface area contributed by atoms with Gasteiger partial charge in [-0.2, -0.15) is 0 Å². The zero-order chi connectivity index (χ0) is 20.3. The SMILES string of the molecule is CC(OC(=O)c1csc(S(N)(=O)=O)c1)C(=O)N1CCN(c2ccccc2)CC1. The summed E-state index contributed by atoms with van der Waals surface area (Å²) >= 11 is 0.832. The van der Waals surface area contributed by atoms with E-state index in [-0.39, 0.29) is 15.7 Å². The van der Waals surface area contributed by atoms with Gasteiger partial charge in [0.15, 0.2) is 6.10 Å². The lowest BCUT2D eigenvalue weighted by molar-refractivity contribution is -0.140. The van der Waals surface area contributed by atoms with E-state index in [9.17, 15) is 18.0 Å². The number of para-hydroxylation sites is 1. The molecule has 8 nitrogen and oxygen atoms in total. The second kappa shape index (κ2) is 8.29. The molecule has 1 saturated heterocycles. The molecule has 1 aromatic carbocycles. The summed E-state index contributed by atoms with van der Waals surface area (Å²) in [6.07, 6.45) is -0.964. The number of amides is 1. The molecule has 1 fully saturated rings. The van der Waals surface area contributed by atoms with Gasteiger partial charge < -0.3 is 14.5 Å². The van der Waals surface area contributed by atoms with Crippen LogP contribution >= 0.6 is 11.3 Å². The van der Waals surface area contributed by atoms with Gasteiger partial charge in [0.25, 0.3) is 5.91 Å². The van der Waals surface area contributed by atoms with Gasteiger partial charge in [-0.05, 0) is 25.1 Å². The number of thiophene rings is 1. The highest BCUT2D eigenvalue weighted by atomic mass is 32.2. The Labute approximate surface area is 167 Å². The molecule has 1 aliphatic heterocycles. The number of carbonyl (C=O) groups excluding carboxylic acids is 2. The number of ether oxygens (including phenoxy) is 1. The number of nitrogens with zero attached hydrogens (tertiary/aromatic N) is 2. The monoisotopic (exact) mass is 423 g/mol. The van der Waals surface area contributed by atoms with Crippen molar-refractivity contribution in [2.75, 3.05) is 31.1 Å². The second-order valence-electron chi connectivity index (χ2n) is 6.39. The van der Waals surface area contributed by atoms with Crippen molar-refractivity contribution in [1.29, 1.82) is 0 Å². The minimum atomic E-state index is -3.87. The third kappa shape index (κ3) is 4.70. The maximum absolute atomic E-state index is 12.6. The van der Waals surface area contributed by atoms with Crippen molar-refractivity contribution in [3.63, 3.8) is 0 Å². The van der Waals surface area contributed by atoms with Crippen LogP contribution in [0.15, 0.2) is 46.0 Å². The minimum Gasteiger partial charge on any atom is -0.449 e. The van der Waals surface area contributed by atoms with Crippen LogP contribution in [0.2, 0.25) is 0 Å². The summed E-state index contributed by atoms with van der Waals surface area (Å²) in [6.45, 7) is 3.96. The third-order valence-electron chi connectivity index (χ3n) is 4.44. The van der Waals surface area contributed by atoms with Crippen molar-refractivity contribution in [3.05, 3.63) is 47.3 Å². The van der Waals surface area contributed by atoms with Gasteiger partial charge in [0.2, 0.25) is 10.0 Å². The lowest BCUT2D eigenvalue weighted by Crippen LogP contribution is -2.51. The Morgan fingerprint density at radius 2 is 1.79 bits per heavy atom. The molecule has 10 heteroatoms. The number of esters is 1. The summed E-state index contributed by atoms with van der Waals surface area (Å²) in [5, 5.41) is 6.38. The third-order valence-corrected chi connectivity index (χ3v) is 6.82. The Hall–Kier alpha value is -2.43. The highest BCUT2D eigenvalue weighted by molar-refractivity contribution is 7.91. The number of nitrogens with two attached hydrogens (primary N) is 1. The molecular formula is C18H21N3O5S2. The standard InChI is InChI=1S/C18H21N3O5S2/c1-13(26-18(23)14-11-16(27-12-14)28(19,24)25)17(22)21-9-7-20(8-10-21)15-5-3-2-4-6-15/h2-6,11-13H,7-10H2,1H3,(H2,19,24,25). The first kappa shape index (κ1) is 20.3. The highest BCUT2D eigenvalue weighted by Crippen LogP contribution is 2.20. The van der Waals surface area contributed by atoms with Crippen LogP contribution in [0.1, 0.15) is 17.3 Å². The van der Waals surface area contributed by atoms with Gasteiger partial charge in [-0.1, -0.05) is 18.2 Å². The Bertz CT molecular complexity index is 951. The molecule has 0 saturated carbocycles. The van der Waals surface area contributed by atoms with E-state index in [4.69, 9.17) is 9.88 Å². The zero-order valence-electron chi connectivity index (χ0n) is 15.3. The van der Waals surface area contributed by atoms with Gasteiger partial charge in [0.05, 0.1) is 5.56 Å². The summed E-state index contributed by atoms with van der Waals surface area (Å²) in [7, 11) is -3.87. The summed E-state index contributed by atoms with van der Waals surface area (Å²) in [5.74, 6) is -1.03. The molecule has 1 aliphatic rings. The van der Waals surface area contributed by atoms with Crippen LogP contribution in [0.3, 0.4) is 0 Å². The molecule has 3 rings (SSSR count). The second-order valence-corrected chi connectivity index (χ2v) is 9.09. The molecule has 0 bridgehead atoms. The van der Waals surface area contributed by atoms with Crippen LogP contribution in [0.5, 0.6) is 0 Å². The lowest BCUT2D eigenvalue weighted by Gasteiger charge is -2.37. The normalized spacial score (nSPS) is 15.9. The van der Waals surface area contributed by atoms with E-state index in [0.717, 1.165) is 23.1 Å². The maximum Gasteiger partial charge on any atom is 0.339 e. The quantitative estimate of drug-likeness (QED) is 0.726. The average Bonchev–Trinajstić information content (AvgIpc) is 3.19. The van der Waals surface area contributed by atoms with E-state index in [1.807, 2.05) is 30.3 Å². The van der Waals surface area contributed by atoms with E-state index < -0.39 is 22.1 Å². The first-order valence-electron chi connectivity index (χ1n) is 8.67. The predicted molar refractivity (Wildman–Crippen MR) is 106 cm³/mol. The molecule has 2 heterocycles. The van der Waals surface area contributed by atoms with Crippen molar-refractivity contribution in [2.24, 2.45) is 5.14 Å². The average molecular weight is 424 g/mol. The van der Waals surface area contributed by atoms with Crippen molar-refractivity contribution in [3.8, 4) is 0 Å². The fraction of sp³-hybridized carbons (Fsp3) is 0.333. The zero-order valence-corrected chi connectivity index (χ0v) is 16.9. The summed E-state index contributed by atoms with van der Waals surface area (Å²) in [4.78, 5) is 28.6. The lowest BCUT2D eigenvalue weighted by atomic mass is 10.2. The fourth-order valence-corrected chi connectivity index (χ4v) is 4.51. The predicted octanol–water partition coefficient (Wildman–Crippen LogP) is 1.29. The number of benzene rings is 1. The molecular weight excluding hydrogens is 402 g/mol. The van der Waals surface area contributed by atoms with Crippen LogP contribution in [-0.4, -0.2) is 57.5 Å². The molecule has 1 amide bonds. The number of rotatable bonds is 5. The first-order chi connectivity index (χ1) is 13.3. The van der Waals surface area contributed by atoms with Gasteiger partial charge in [-0.25, -0.2) is 18.4 Å². The van der Waals surface area contributed by atoms with Gasteiger partial charge in [0.1, 0.15) is 4.21 Å². The van der Waals surface area contributed by atoms with Crippen molar-refractivity contribution < 1.29 is 22.7 Å². The summed E-state index contributed by atoms with van der Waals surface area (Å²) < 4.78 is 27.7. The van der Waals surface area contributed by atoms with Crippen molar-refractivity contribution >= 4 is 38.9 Å². The molecule has 28 heavy (non-hydrogen) atoms. The number of anilines is 1. The van der Waals surface area contributed by atoms with Crippen molar-refractivity contribution in [2.45, 2.75) is 17.2 Å². The number of carbonyl (C=O) groups is 2. The largest absolute Gasteiger partial charge is 0.449 e. The molecule has 1 aromatic heterocycles. The van der Waals surface area contributed by atoms with Gasteiger partial charge in [-0.3, -0.25) is 4.79 Å². The van der Waals surface area contributed by atoms with E-state index in [0.29, 0.717) is 26.2 Å². The number of piperazine rings is 1. The summed E-state index contributed by atoms with van der Waals surface area (Å²) in [6, 6.07) is 11.1. The molecule has 1 atom stereocenters. The van der Waals surface area contributed by atoms with E-state index >= 15 is 0 Å². The number of sulfonamides is 1. The van der Waals surface area contributed by atoms with Gasteiger partial charge >= 0.3 is 5.97 Å². The summed E-state index contributed by atoms with van der Waals surface area (Å²) in [5.41, 5.74) is 1.17. The molecule has 0 spiro atoms. The number of hydrogen-bond donors (Lipinski definition) is 1. The maximum atomic E-state index is 12.6. The van der Waals surface area contributed by atoms with Crippen LogP contribution < -0.4 is 10.0 Å². The van der Waals surface area contributed by atoms with Crippen LogP contribution in [0, 0.1) is 0 Å². The molecule has 150 valence electrons. The van der Waals surface area contributed by atoms with E-state index in [2.05, 4.69) is 4.90 Å².